The molecule has 6 rings (SSSR count). The summed E-state index contributed by atoms with van der Waals surface area (Å²) in [6.07, 6.45) is 8.65. The van der Waals surface area contributed by atoms with E-state index in [9.17, 15) is 14.4 Å². The van der Waals surface area contributed by atoms with Crippen LogP contribution in [-0.4, -0.2) is 35.9 Å². The molecule has 0 N–H and O–H groups in total. The molecule has 10 atom stereocenters. The van der Waals surface area contributed by atoms with Gasteiger partial charge in [-0.3, -0.25) is 9.59 Å². The van der Waals surface area contributed by atoms with Crippen LogP contribution in [-0.2, 0) is 23.8 Å². The van der Waals surface area contributed by atoms with Crippen LogP contribution in [0, 0.1) is 34.5 Å². The SMILES string of the molecule is CC(=O)O[C@H]1CC[C@@]2(C)[C@H](CC[C@@H]3[C@@H]2CC[C@]2(C)[C@@H](c4ccc(=O)oc4)[C@@H](OC(=O)CC(C)C)[C@H]4O[C@]342)C1. The maximum atomic E-state index is 13.0. The third-order valence-corrected chi connectivity index (χ3v) is 11.3. The molecule has 5 aliphatic rings. The summed E-state index contributed by atoms with van der Waals surface area (Å²) in [4.78, 5) is 36.4. The first kappa shape index (κ1) is 26.1. The predicted molar refractivity (Wildman–Crippen MR) is 139 cm³/mol. The zero-order chi connectivity index (χ0) is 27.0. The van der Waals surface area contributed by atoms with Crippen molar-refractivity contribution in [2.75, 3.05) is 0 Å². The van der Waals surface area contributed by atoms with Gasteiger partial charge in [0.15, 0.2) is 0 Å². The largest absolute Gasteiger partial charge is 0.463 e. The minimum atomic E-state index is -0.386. The second-order valence-electron chi connectivity index (χ2n) is 13.7. The molecule has 0 amide bonds. The molecule has 5 fully saturated rings. The third-order valence-electron chi connectivity index (χ3n) is 11.3. The van der Waals surface area contributed by atoms with E-state index in [-0.39, 0.29) is 64.1 Å². The third kappa shape index (κ3) is 3.74. The topological polar surface area (TPSA) is 95.3 Å². The van der Waals surface area contributed by atoms with Gasteiger partial charge in [0, 0.05) is 30.7 Å². The van der Waals surface area contributed by atoms with Crippen molar-refractivity contribution in [1.82, 2.24) is 0 Å². The van der Waals surface area contributed by atoms with E-state index in [1.807, 2.05) is 19.9 Å². The maximum Gasteiger partial charge on any atom is 0.335 e. The Hall–Kier alpha value is -2.15. The number of fused-ring (bicyclic) bond motifs is 3. The molecule has 38 heavy (non-hydrogen) atoms. The molecule has 1 aromatic rings. The van der Waals surface area contributed by atoms with Crippen molar-refractivity contribution < 1.29 is 28.2 Å². The van der Waals surface area contributed by atoms with E-state index in [4.69, 9.17) is 18.6 Å². The van der Waals surface area contributed by atoms with Gasteiger partial charge >= 0.3 is 17.6 Å². The molecule has 7 nitrogen and oxygen atoms in total. The fourth-order valence-corrected chi connectivity index (χ4v) is 9.77. The van der Waals surface area contributed by atoms with E-state index in [0.717, 1.165) is 50.5 Å². The van der Waals surface area contributed by atoms with Gasteiger partial charge < -0.3 is 18.6 Å². The van der Waals surface area contributed by atoms with E-state index >= 15 is 0 Å². The van der Waals surface area contributed by atoms with Crippen LogP contribution in [0.3, 0.4) is 0 Å². The number of esters is 2. The molecule has 2 heterocycles. The molecule has 1 aromatic heterocycles. The van der Waals surface area contributed by atoms with Gasteiger partial charge in [0.1, 0.15) is 23.9 Å². The Morgan fingerprint density at radius 3 is 2.53 bits per heavy atom. The summed E-state index contributed by atoms with van der Waals surface area (Å²) in [6.45, 7) is 10.3. The lowest BCUT2D eigenvalue weighted by atomic mass is 9.44. The number of hydrogen-bond donors (Lipinski definition) is 0. The van der Waals surface area contributed by atoms with Crippen molar-refractivity contribution in [3.8, 4) is 0 Å². The number of epoxide rings is 1. The Balaban J connectivity index is 1.33. The molecular weight excluding hydrogens is 484 g/mol. The monoisotopic (exact) mass is 526 g/mol. The molecule has 7 heteroatoms. The van der Waals surface area contributed by atoms with Gasteiger partial charge in [-0.15, -0.1) is 0 Å². The zero-order valence-corrected chi connectivity index (χ0v) is 23.4. The molecule has 0 radical (unpaired) electrons. The van der Waals surface area contributed by atoms with E-state index in [0.29, 0.717) is 24.2 Å². The Labute approximate surface area is 225 Å². The van der Waals surface area contributed by atoms with Crippen LogP contribution < -0.4 is 5.63 Å². The number of carbonyl (C=O) groups is 2. The quantitative estimate of drug-likeness (QED) is 0.375. The normalized spacial score (nSPS) is 44.8. The smallest absolute Gasteiger partial charge is 0.335 e. The highest BCUT2D eigenvalue weighted by molar-refractivity contribution is 5.70. The van der Waals surface area contributed by atoms with Gasteiger partial charge in [-0.05, 0) is 85.7 Å². The van der Waals surface area contributed by atoms with Gasteiger partial charge in [-0.1, -0.05) is 27.7 Å². The van der Waals surface area contributed by atoms with E-state index in [2.05, 4.69) is 13.8 Å². The molecular formula is C31H42O7. The summed E-state index contributed by atoms with van der Waals surface area (Å²) < 4.78 is 24.0. The average Bonchev–Trinajstić information content (AvgIpc) is 3.54. The summed E-state index contributed by atoms with van der Waals surface area (Å²) in [5, 5.41) is 0. The van der Waals surface area contributed by atoms with E-state index in [1.54, 1.807) is 6.26 Å². The van der Waals surface area contributed by atoms with Crippen molar-refractivity contribution in [3.05, 3.63) is 34.4 Å². The number of carbonyl (C=O) groups excluding carboxylic acids is 2. The van der Waals surface area contributed by atoms with Crippen LogP contribution in [0.4, 0.5) is 0 Å². The van der Waals surface area contributed by atoms with Crippen molar-refractivity contribution in [2.45, 2.75) is 116 Å². The van der Waals surface area contributed by atoms with Crippen LogP contribution in [0.25, 0.3) is 0 Å². The Kier molecular flexibility index (Phi) is 6.14. The maximum absolute atomic E-state index is 13.0. The second kappa shape index (κ2) is 8.94. The average molecular weight is 527 g/mol. The first-order valence-electron chi connectivity index (χ1n) is 14.6. The van der Waals surface area contributed by atoms with E-state index < -0.39 is 0 Å². The van der Waals surface area contributed by atoms with Crippen LogP contribution in [0.2, 0.25) is 0 Å². The first-order valence-corrected chi connectivity index (χ1v) is 14.6. The second-order valence-corrected chi connectivity index (χ2v) is 13.7. The Bertz CT molecular complexity index is 1150. The molecule has 0 aromatic carbocycles. The Morgan fingerprint density at radius 2 is 1.84 bits per heavy atom. The molecule has 0 bridgehead atoms. The lowest BCUT2D eigenvalue weighted by Gasteiger charge is -2.61. The van der Waals surface area contributed by atoms with Gasteiger partial charge in [0.2, 0.25) is 0 Å². The Morgan fingerprint density at radius 1 is 1.05 bits per heavy atom. The highest BCUT2D eigenvalue weighted by Crippen LogP contribution is 2.78. The summed E-state index contributed by atoms with van der Waals surface area (Å²) in [7, 11) is 0. The van der Waals surface area contributed by atoms with Crippen LogP contribution in [0.15, 0.2) is 27.6 Å². The molecule has 0 unspecified atom stereocenters. The summed E-state index contributed by atoms with van der Waals surface area (Å²) >= 11 is 0. The molecule has 4 aliphatic carbocycles. The molecule has 208 valence electrons. The summed E-state index contributed by atoms with van der Waals surface area (Å²) in [6, 6.07) is 3.33. The van der Waals surface area contributed by atoms with Gasteiger partial charge in [0.25, 0.3) is 0 Å². The zero-order valence-electron chi connectivity index (χ0n) is 23.4. The lowest BCUT2D eigenvalue weighted by Crippen LogP contribution is -2.58. The molecule has 4 saturated carbocycles. The standard InChI is InChI=1S/C31H42O7/c1-17(2)14-25(34)37-27-26(19-6-9-24(33)35-16-19)30(5)13-11-22-23(31(30)28(27)38-31)8-7-20-15-21(36-18(3)32)10-12-29(20,22)4/h6,9,16-17,20-23,26-28H,7-8,10-15H2,1-5H3/t20-,21+,22+,23-,26+,27-,28-,29+,30-,31-/m1/s1. The highest BCUT2D eigenvalue weighted by atomic mass is 16.7. The highest BCUT2D eigenvalue weighted by Gasteiger charge is 2.84. The minimum Gasteiger partial charge on any atom is -0.463 e. The number of rotatable bonds is 5. The first-order chi connectivity index (χ1) is 18.0. The van der Waals surface area contributed by atoms with E-state index in [1.165, 1.54) is 13.0 Å². The lowest BCUT2D eigenvalue weighted by molar-refractivity contribution is -0.167. The molecule has 1 aliphatic heterocycles. The van der Waals surface area contributed by atoms with Gasteiger partial charge in [-0.25, -0.2) is 4.79 Å². The van der Waals surface area contributed by atoms with Crippen molar-refractivity contribution in [2.24, 2.45) is 34.5 Å². The van der Waals surface area contributed by atoms with Crippen LogP contribution >= 0.6 is 0 Å². The fraction of sp³-hybridized carbons (Fsp3) is 0.774. The number of hydrogen-bond acceptors (Lipinski definition) is 7. The molecule has 1 saturated heterocycles. The van der Waals surface area contributed by atoms with Gasteiger partial charge in [-0.2, -0.15) is 0 Å². The fourth-order valence-electron chi connectivity index (χ4n) is 9.77. The number of ether oxygens (including phenoxy) is 3. The van der Waals surface area contributed by atoms with Gasteiger partial charge in [0.05, 0.1) is 6.26 Å². The van der Waals surface area contributed by atoms with Crippen molar-refractivity contribution in [3.63, 3.8) is 0 Å². The summed E-state index contributed by atoms with van der Waals surface area (Å²) in [5.74, 6) is 1.23. The van der Waals surface area contributed by atoms with Crippen LogP contribution in [0.1, 0.15) is 97.5 Å². The molecule has 1 spiro atoms. The van der Waals surface area contributed by atoms with Crippen LogP contribution in [0.5, 0.6) is 0 Å². The minimum absolute atomic E-state index is 0.0346. The summed E-state index contributed by atoms with van der Waals surface area (Å²) in [5.41, 5.74) is 0.179. The van der Waals surface area contributed by atoms with Crippen molar-refractivity contribution >= 4 is 11.9 Å². The van der Waals surface area contributed by atoms with Crippen molar-refractivity contribution in [1.29, 1.82) is 0 Å². The predicted octanol–water partition coefficient (Wildman–Crippen LogP) is 5.40.